The maximum atomic E-state index is 12.5. The quantitative estimate of drug-likeness (QED) is 0.149. The summed E-state index contributed by atoms with van der Waals surface area (Å²) in [5.41, 5.74) is 0.933. The number of carbonyl (C=O) groups excluding carboxylic acids is 2. The molecular formula is C25H26O8S2. The first kappa shape index (κ1) is 25.3. The number of ether oxygens (including phenoxy) is 4. The molecular weight excluding hydrogens is 492 g/mol. The van der Waals surface area contributed by atoms with Crippen LogP contribution in [0.4, 0.5) is 0 Å². The molecule has 4 rings (SSSR count). The molecule has 0 amide bonds. The zero-order valence-electron chi connectivity index (χ0n) is 18.9. The van der Waals surface area contributed by atoms with E-state index >= 15 is 0 Å². The first-order chi connectivity index (χ1) is 17.0. The van der Waals surface area contributed by atoms with Crippen LogP contribution < -0.4 is 18.9 Å². The lowest BCUT2D eigenvalue weighted by molar-refractivity contribution is -0.135. The summed E-state index contributed by atoms with van der Waals surface area (Å²) >= 11 is 0. The van der Waals surface area contributed by atoms with E-state index in [1.165, 1.54) is 42.5 Å². The smallest absolute Gasteiger partial charge is 0.336 e. The van der Waals surface area contributed by atoms with Gasteiger partial charge in [-0.1, -0.05) is 34.1 Å². The van der Waals surface area contributed by atoms with Crippen LogP contribution in [-0.4, -0.2) is 39.9 Å². The molecule has 2 aliphatic heterocycles. The molecule has 0 radical (unpaired) electrons. The van der Waals surface area contributed by atoms with Gasteiger partial charge in [0.05, 0.1) is 6.61 Å². The molecule has 10 heteroatoms. The van der Waals surface area contributed by atoms with Crippen molar-refractivity contribution in [2.45, 2.75) is 44.0 Å². The predicted octanol–water partition coefficient (Wildman–Crippen LogP) is 4.85. The number of rotatable bonds is 10. The van der Waals surface area contributed by atoms with Gasteiger partial charge in [0.15, 0.2) is 23.0 Å². The van der Waals surface area contributed by atoms with E-state index in [2.05, 4.69) is 0 Å². The van der Waals surface area contributed by atoms with Gasteiger partial charge in [0.1, 0.15) is 5.75 Å². The highest BCUT2D eigenvalue weighted by Gasteiger charge is 2.22. The number of unbranched alkanes of at least 4 members (excludes halogenated alkanes) is 1. The number of aromatic hydroxyl groups is 1. The Labute approximate surface area is 211 Å². The minimum absolute atomic E-state index is 0.0194. The molecule has 186 valence electrons. The predicted molar refractivity (Wildman–Crippen MR) is 134 cm³/mol. The monoisotopic (exact) mass is 518 g/mol. The molecule has 35 heavy (non-hydrogen) atoms. The summed E-state index contributed by atoms with van der Waals surface area (Å²) in [6.07, 6.45) is 6.94. The SMILES string of the molecule is O=C(/C=C/c1ccc(O)c(CO)c1)Oc1cc2c(cc1OC(=O)CCCCC1CCSS1)OCO2. The van der Waals surface area contributed by atoms with Gasteiger partial charge in [-0.15, -0.1) is 0 Å². The Morgan fingerprint density at radius 3 is 2.57 bits per heavy atom. The van der Waals surface area contributed by atoms with Crippen molar-refractivity contribution in [2.75, 3.05) is 12.5 Å². The number of benzene rings is 2. The summed E-state index contributed by atoms with van der Waals surface area (Å²) < 4.78 is 21.6. The number of carbonyl (C=O) groups is 2. The molecule has 2 aliphatic rings. The largest absolute Gasteiger partial charge is 0.508 e. The van der Waals surface area contributed by atoms with Crippen molar-refractivity contribution in [1.29, 1.82) is 0 Å². The molecule has 0 saturated carbocycles. The third-order valence-corrected chi connectivity index (χ3v) is 8.45. The molecule has 2 N–H and O–H groups in total. The van der Waals surface area contributed by atoms with Crippen molar-refractivity contribution < 1.29 is 38.7 Å². The molecule has 2 aromatic carbocycles. The summed E-state index contributed by atoms with van der Waals surface area (Å²) in [7, 11) is 3.83. The van der Waals surface area contributed by atoms with E-state index in [0.29, 0.717) is 27.9 Å². The van der Waals surface area contributed by atoms with Crippen molar-refractivity contribution in [3.05, 3.63) is 47.5 Å². The molecule has 2 heterocycles. The van der Waals surface area contributed by atoms with Crippen LogP contribution in [-0.2, 0) is 16.2 Å². The van der Waals surface area contributed by atoms with E-state index in [9.17, 15) is 19.8 Å². The van der Waals surface area contributed by atoms with Gasteiger partial charge in [-0.3, -0.25) is 4.79 Å². The number of aliphatic hydroxyl groups is 1. The van der Waals surface area contributed by atoms with Crippen LogP contribution in [0.15, 0.2) is 36.4 Å². The summed E-state index contributed by atoms with van der Waals surface area (Å²) in [4.78, 5) is 24.9. The molecule has 0 bridgehead atoms. The third kappa shape index (κ3) is 7.09. The molecule has 1 saturated heterocycles. The van der Waals surface area contributed by atoms with E-state index in [-0.39, 0.29) is 37.1 Å². The number of aliphatic hydroxyl groups excluding tert-OH is 1. The summed E-state index contributed by atoms with van der Waals surface area (Å²) in [5.74, 6) is 0.952. The zero-order chi connectivity index (χ0) is 24.6. The Bertz CT molecular complexity index is 1100. The molecule has 0 spiro atoms. The van der Waals surface area contributed by atoms with E-state index in [1.807, 2.05) is 21.6 Å². The number of esters is 2. The Morgan fingerprint density at radius 2 is 1.86 bits per heavy atom. The zero-order valence-corrected chi connectivity index (χ0v) is 20.6. The van der Waals surface area contributed by atoms with Crippen LogP contribution >= 0.6 is 21.6 Å². The fourth-order valence-corrected chi connectivity index (χ4v) is 6.61. The van der Waals surface area contributed by atoms with Gasteiger partial charge in [0.25, 0.3) is 0 Å². The molecule has 0 aromatic heterocycles. The van der Waals surface area contributed by atoms with Crippen LogP contribution in [0.3, 0.4) is 0 Å². The number of phenols is 1. The highest BCUT2D eigenvalue weighted by atomic mass is 33.1. The Balaban J connectivity index is 1.37. The Hall–Kier alpha value is -2.82. The van der Waals surface area contributed by atoms with Gasteiger partial charge in [-0.2, -0.15) is 0 Å². The minimum atomic E-state index is -0.702. The summed E-state index contributed by atoms with van der Waals surface area (Å²) in [6, 6.07) is 7.51. The first-order valence-corrected chi connectivity index (χ1v) is 13.7. The summed E-state index contributed by atoms with van der Waals surface area (Å²) in [5, 5.41) is 19.6. The van der Waals surface area contributed by atoms with Crippen LogP contribution in [0.1, 0.15) is 43.2 Å². The van der Waals surface area contributed by atoms with E-state index < -0.39 is 11.9 Å². The second-order valence-corrected chi connectivity index (χ2v) is 10.8. The molecule has 1 atom stereocenters. The van der Waals surface area contributed by atoms with Crippen molar-refractivity contribution in [3.63, 3.8) is 0 Å². The molecule has 0 aliphatic carbocycles. The minimum Gasteiger partial charge on any atom is -0.508 e. The van der Waals surface area contributed by atoms with Gasteiger partial charge in [0.2, 0.25) is 6.79 Å². The number of hydrogen-bond acceptors (Lipinski definition) is 10. The van der Waals surface area contributed by atoms with Gasteiger partial charge in [-0.25, -0.2) is 4.79 Å². The van der Waals surface area contributed by atoms with Crippen LogP contribution in [0.25, 0.3) is 6.08 Å². The second-order valence-electron chi connectivity index (χ2n) is 8.00. The first-order valence-electron chi connectivity index (χ1n) is 11.3. The Morgan fingerprint density at radius 1 is 1.09 bits per heavy atom. The van der Waals surface area contributed by atoms with E-state index in [4.69, 9.17) is 18.9 Å². The molecule has 1 fully saturated rings. The Kier molecular flexibility index (Phi) is 8.84. The molecule has 1 unspecified atom stereocenters. The summed E-state index contributed by atoms with van der Waals surface area (Å²) in [6.45, 7) is -0.311. The van der Waals surface area contributed by atoms with Crippen molar-refractivity contribution in [3.8, 4) is 28.7 Å². The highest BCUT2D eigenvalue weighted by Crippen LogP contribution is 2.43. The van der Waals surface area contributed by atoms with Crippen LogP contribution in [0.2, 0.25) is 0 Å². The van der Waals surface area contributed by atoms with Gasteiger partial charge in [-0.05, 0) is 43.0 Å². The highest BCUT2D eigenvalue weighted by molar-refractivity contribution is 8.77. The van der Waals surface area contributed by atoms with E-state index in [0.717, 1.165) is 19.3 Å². The lowest BCUT2D eigenvalue weighted by Crippen LogP contribution is -2.11. The number of hydrogen-bond donors (Lipinski definition) is 2. The van der Waals surface area contributed by atoms with Crippen molar-refractivity contribution in [2.24, 2.45) is 0 Å². The standard InChI is InChI=1S/C25H26O8S2/c26-14-17-11-16(5-7-19(17)27)6-8-25(29)33-23-13-21-20(30-15-31-21)12-22(23)32-24(28)4-2-1-3-18-9-10-34-35-18/h5-8,11-13,18,26-27H,1-4,9-10,14-15H2/b8-6+. The molecule has 2 aromatic rings. The van der Waals surface area contributed by atoms with Gasteiger partial charge >= 0.3 is 11.9 Å². The van der Waals surface area contributed by atoms with Crippen LogP contribution in [0, 0.1) is 0 Å². The lowest BCUT2D eigenvalue weighted by Gasteiger charge is -2.11. The average molecular weight is 519 g/mol. The maximum Gasteiger partial charge on any atom is 0.336 e. The topological polar surface area (TPSA) is 112 Å². The van der Waals surface area contributed by atoms with Gasteiger partial charge in [0, 0.05) is 41.2 Å². The van der Waals surface area contributed by atoms with Crippen molar-refractivity contribution in [1.82, 2.24) is 0 Å². The van der Waals surface area contributed by atoms with Gasteiger partial charge < -0.3 is 29.2 Å². The fourth-order valence-electron chi connectivity index (χ4n) is 3.59. The van der Waals surface area contributed by atoms with E-state index in [1.54, 1.807) is 12.1 Å². The average Bonchev–Trinajstić information content (AvgIpc) is 3.53. The molecule has 8 nitrogen and oxygen atoms in total. The number of fused-ring (bicyclic) bond motifs is 1. The maximum absolute atomic E-state index is 12.5. The normalized spacial score (nSPS) is 16.5. The lowest BCUT2D eigenvalue weighted by atomic mass is 10.1. The van der Waals surface area contributed by atoms with Crippen LogP contribution in [0.5, 0.6) is 28.7 Å². The third-order valence-electron chi connectivity index (χ3n) is 5.44. The van der Waals surface area contributed by atoms with Crippen molar-refractivity contribution >= 4 is 39.6 Å². The second kappa shape index (κ2) is 12.2. The fraction of sp³-hybridized carbons (Fsp3) is 0.360.